The predicted molar refractivity (Wildman–Crippen MR) is 133 cm³/mol. The molecule has 0 N–H and O–H groups in total. The molecule has 1 aliphatic rings. The Morgan fingerprint density at radius 3 is 2.41 bits per heavy atom. The summed E-state index contributed by atoms with van der Waals surface area (Å²) in [6.07, 6.45) is 1.87. The lowest BCUT2D eigenvalue weighted by Gasteiger charge is -2.49. The van der Waals surface area contributed by atoms with E-state index in [-0.39, 0.29) is 23.8 Å². The van der Waals surface area contributed by atoms with Gasteiger partial charge in [0.25, 0.3) is 0 Å². The summed E-state index contributed by atoms with van der Waals surface area (Å²) in [6, 6.07) is 14.5. The molecule has 3 aromatic rings. The number of anilines is 1. The van der Waals surface area contributed by atoms with Crippen LogP contribution in [0.5, 0.6) is 5.75 Å². The largest absolute Gasteiger partial charge is 0.497 e. The number of fused-ring (bicyclic) bond motifs is 1. The Balaban J connectivity index is 1.73. The zero-order chi connectivity index (χ0) is 24.4. The van der Waals surface area contributed by atoms with Crippen molar-refractivity contribution in [3.05, 3.63) is 58.1 Å². The Kier molecular flexibility index (Phi) is 6.85. The van der Waals surface area contributed by atoms with E-state index in [1.54, 1.807) is 26.3 Å². The maximum atomic E-state index is 12.7. The van der Waals surface area contributed by atoms with E-state index in [1.165, 1.54) is 10.1 Å². The summed E-state index contributed by atoms with van der Waals surface area (Å²) in [5.41, 5.74) is 2.55. The second-order valence-electron chi connectivity index (χ2n) is 8.88. The Hall–Kier alpha value is -3.44. The SMILES string of the molecule is CC[C@H]1CN(C(C)c2ccc(OC)cc2)[C@H](CC)CN1c1nc(=O)n(C)c2ccc(C#N)nc12. The standard InChI is InChI=1S/C26H32N6O2/c1-6-20-16-32(25-24-23(30(4)26(33)29-25)13-10-19(14-27)28-24)21(7-2)15-31(20)17(3)18-8-11-22(34-5)12-9-18/h8-13,17,20-21H,6-7,15-16H2,1-5H3/t17?,20-,21+/m1/s1. The molecular formula is C26H32N6O2. The van der Waals surface area contributed by atoms with E-state index in [0.29, 0.717) is 22.5 Å². The van der Waals surface area contributed by atoms with E-state index in [2.05, 4.69) is 58.7 Å². The van der Waals surface area contributed by atoms with Crippen molar-refractivity contribution in [2.75, 3.05) is 25.1 Å². The quantitative estimate of drug-likeness (QED) is 0.555. The van der Waals surface area contributed by atoms with Gasteiger partial charge < -0.3 is 9.64 Å². The van der Waals surface area contributed by atoms with Crippen LogP contribution in [0.25, 0.3) is 11.0 Å². The number of pyridine rings is 1. The average molecular weight is 461 g/mol. The van der Waals surface area contributed by atoms with Gasteiger partial charge in [-0.05, 0) is 49.6 Å². The average Bonchev–Trinajstić information content (AvgIpc) is 2.89. The second kappa shape index (κ2) is 9.82. The molecule has 0 bridgehead atoms. The first-order valence-corrected chi connectivity index (χ1v) is 11.9. The van der Waals surface area contributed by atoms with Crippen LogP contribution in [-0.2, 0) is 7.05 Å². The normalized spacial score (nSPS) is 19.7. The Morgan fingerprint density at radius 1 is 1.09 bits per heavy atom. The smallest absolute Gasteiger partial charge is 0.349 e. The molecule has 1 fully saturated rings. The van der Waals surface area contributed by atoms with Gasteiger partial charge in [0.1, 0.15) is 23.0 Å². The van der Waals surface area contributed by atoms with Crippen LogP contribution >= 0.6 is 0 Å². The molecule has 8 heteroatoms. The highest BCUT2D eigenvalue weighted by molar-refractivity contribution is 5.86. The molecule has 3 atom stereocenters. The van der Waals surface area contributed by atoms with Crippen molar-refractivity contribution in [1.82, 2.24) is 19.4 Å². The monoisotopic (exact) mass is 460 g/mol. The van der Waals surface area contributed by atoms with Gasteiger partial charge in [-0.1, -0.05) is 26.0 Å². The number of rotatable bonds is 6. The molecule has 3 heterocycles. The maximum Gasteiger partial charge on any atom is 0.349 e. The van der Waals surface area contributed by atoms with E-state index < -0.39 is 0 Å². The van der Waals surface area contributed by atoms with Crippen LogP contribution in [0.15, 0.2) is 41.2 Å². The fourth-order valence-electron chi connectivity index (χ4n) is 4.96. The van der Waals surface area contributed by atoms with Crippen molar-refractivity contribution < 1.29 is 4.74 Å². The van der Waals surface area contributed by atoms with Crippen LogP contribution in [0.1, 0.15) is 50.9 Å². The number of hydrogen-bond donors (Lipinski definition) is 0. The van der Waals surface area contributed by atoms with Gasteiger partial charge in [-0.15, -0.1) is 0 Å². The number of piperazine rings is 1. The van der Waals surface area contributed by atoms with Gasteiger partial charge in [0.05, 0.1) is 12.6 Å². The summed E-state index contributed by atoms with van der Waals surface area (Å²) in [5.74, 6) is 1.43. The first-order valence-electron chi connectivity index (χ1n) is 11.9. The van der Waals surface area contributed by atoms with Crippen molar-refractivity contribution in [2.45, 2.75) is 51.7 Å². The molecule has 4 rings (SSSR count). The lowest BCUT2D eigenvalue weighted by Crippen LogP contribution is -2.59. The molecule has 1 saturated heterocycles. The van der Waals surface area contributed by atoms with Gasteiger partial charge in [0.2, 0.25) is 0 Å². The van der Waals surface area contributed by atoms with Crippen LogP contribution in [0.4, 0.5) is 5.82 Å². The minimum Gasteiger partial charge on any atom is -0.497 e. The number of hydrogen-bond acceptors (Lipinski definition) is 7. The molecule has 0 aliphatic carbocycles. The molecular weight excluding hydrogens is 428 g/mol. The van der Waals surface area contributed by atoms with Gasteiger partial charge in [0.15, 0.2) is 5.82 Å². The summed E-state index contributed by atoms with van der Waals surface area (Å²) in [6.45, 7) is 8.20. The molecule has 0 spiro atoms. The summed E-state index contributed by atoms with van der Waals surface area (Å²) in [5, 5.41) is 9.41. The minimum absolute atomic E-state index is 0.166. The Labute approximate surface area is 200 Å². The Morgan fingerprint density at radius 2 is 1.79 bits per heavy atom. The number of aromatic nitrogens is 3. The zero-order valence-corrected chi connectivity index (χ0v) is 20.5. The summed E-state index contributed by atoms with van der Waals surface area (Å²) in [4.78, 5) is 26.5. The number of benzene rings is 1. The fourth-order valence-corrected chi connectivity index (χ4v) is 4.96. The Bertz CT molecular complexity index is 1260. The number of nitriles is 1. The molecule has 0 saturated carbocycles. The maximum absolute atomic E-state index is 12.7. The molecule has 8 nitrogen and oxygen atoms in total. The lowest BCUT2D eigenvalue weighted by atomic mass is 9.97. The van der Waals surface area contributed by atoms with Crippen LogP contribution in [0.3, 0.4) is 0 Å². The zero-order valence-electron chi connectivity index (χ0n) is 20.5. The van der Waals surface area contributed by atoms with E-state index in [0.717, 1.165) is 31.7 Å². The number of nitrogens with zero attached hydrogens (tertiary/aromatic N) is 6. The van der Waals surface area contributed by atoms with Gasteiger partial charge in [0, 0.05) is 38.3 Å². The minimum atomic E-state index is -0.314. The van der Waals surface area contributed by atoms with Crippen molar-refractivity contribution in [3.63, 3.8) is 0 Å². The lowest BCUT2D eigenvalue weighted by molar-refractivity contribution is 0.101. The number of methoxy groups -OCH3 is 1. The van der Waals surface area contributed by atoms with Crippen LogP contribution in [0.2, 0.25) is 0 Å². The fraction of sp³-hybridized carbons (Fsp3) is 0.462. The molecule has 2 aromatic heterocycles. The van der Waals surface area contributed by atoms with Crippen LogP contribution in [-0.4, -0.2) is 51.7 Å². The van der Waals surface area contributed by atoms with Gasteiger partial charge >= 0.3 is 5.69 Å². The van der Waals surface area contributed by atoms with E-state index in [4.69, 9.17) is 4.74 Å². The van der Waals surface area contributed by atoms with Gasteiger partial charge in [-0.25, -0.2) is 9.78 Å². The molecule has 0 amide bonds. The van der Waals surface area contributed by atoms with Crippen molar-refractivity contribution in [1.29, 1.82) is 5.26 Å². The highest BCUT2D eigenvalue weighted by Crippen LogP contribution is 2.33. The van der Waals surface area contributed by atoms with Crippen LogP contribution in [0, 0.1) is 11.3 Å². The molecule has 1 aliphatic heterocycles. The van der Waals surface area contributed by atoms with E-state index in [1.807, 2.05) is 12.1 Å². The first-order chi connectivity index (χ1) is 16.4. The van der Waals surface area contributed by atoms with Crippen molar-refractivity contribution in [3.8, 4) is 11.8 Å². The third-order valence-electron chi connectivity index (χ3n) is 7.10. The third-order valence-corrected chi connectivity index (χ3v) is 7.10. The van der Waals surface area contributed by atoms with Gasteiger partial charge in [-0.2, -0.15) is 10.2 Å². The van der Waals surface area contributed by atoms with Crippen LogP contribution < -0.4 is 15.3 Å². The molecule has 1 aromatic carbocycles. The van der Waals surface area contributed by atoms with Crippen molar-refractivity contribution >= 4 is 16.9 Å². The summed E-state index contributed by atoms with van der Waals surface area (Å²) >= 11 is 0. The topological polar surface area (TPSA) is 87.3 Å². The third kappa shape index (κ3) is 4.24. The van der Waals surface area contributed by atoms with E-state index >= 15 is 0 Å². The highest BCUT2D eigenvalue weighted by atomic mass is 16.5. The number of ether oxygens (including phenoxy) is 1. The molecule has 1 unspecified atom stereocenters. The summed E-state index contributed by atoms with van der Waals surface area (Å²) < 4.78 is 6.82. The number of aryl methyl sites for hydroxylation is 1. The van der Waals surface area contributed by atoms with Crippen molar-refractivity contribution in [2.24, 2.45) is 7.05 Å². The van der Waals surface area contributed by atoms with Gasteiger partial charge in [-0.3, -0.25) is 9.47 Å². The second-order valence-corrected chi connectivity index (χ2v) is 8.88. The molecule has 178 valence electrons. The highest BCUT2D eigenvalue weighted by Gasteiger charge is 2.36. The molecule has 0 radical (unpaired) electrons. The predicted octanol–water partition coefficient (Wildman–Crippen LogP) is 3.65. The molecule has 34 heavy (non-hydrogen) atoms. The van der Waals surface area contributed by atoms with E-state index in [9.17, 15) is 10.1 Å². The first kappa shape index (κ1) is 23.7. The summed E-state index contributed by atoms with van der Waals surface area (Å²) in [7, 11) is 3.37.